The van der Waals surface area contributed by atoms with Crippen molar-refractivity contribution in [3.63, 3.8) is 0 Å². The minimum absolute atomic E-state index is 0.168. The van der Waals surface area contributed by atoms with Gasteiger partial charge >= 0.3 is 6.09 Å². The number of aromatic nitrogens is 4. The number of pyridine rings is 2. The molecular weight excluding hydrogens is 494 g/mol. The van der Waals surface area contributed by atoms with Gasteiger partial charge < -0.3 is 20.6 Å². The smallest absolute Gasteiger partial charge is 0.407 e. The monoisotopic (exact) mass is 525 g/mol. The maximum Gasteiger partial charge on any atom is 0.407 e. The van der Waals surface area contributed by atoms with Crippen LogP contribution in [0.4, 0.5) is 10.6 Å². The van der Waals surface area contributed by atoms with Crippen LogP contribution in [0.3, 0.4) is 0 Å². The van der Waals surface area contributed by atoms with Gasteiger partial charge in [-0.25, -0.2) is 19.7 Å². The van der Waals surface area contributed by atoms with Crippen LogP contribution >= 0.6 is 0 Å². The normalized spacial score (nSPS) is 14.8. The number of carbonyl (C=O) groups is 2. The molecule has 10 heteroatoms. The maximum atomic E-state index is 13.9. The van der Waals surface area contributed by atoms with Crippen molar-refractivity contribution in [3.8, 4) is 0 Å². The summed E-state index contributed by atoms with van der Waals surface area (Å²) in [6.45, 7) is 5.11. The van der Waals surface area contributed by atoms with Gasteiger partial charge in [-0.3, -0.25) is 9.78 Å². The van der Waals surface area contributed by atoms with E-state index in [0.717, 1.165) is 40.6 Å². The number of nitrogen functional groups attached to an aromatic ring is 1. The zero-order valence-electron chi connectivity index (χ0n) is 22.0. The summed E-state index contributed by atoms with van der Waals surface area (Å²) in [6, 6.07) is 12.7. The van der Waals surface area contributed by atoms with E-state index in [1.54, 1.807) is 29.4 Å². The minimum atomic E-state index is -0.870. The molecule has 1 aromatic carbocycles. The second-order valence-electron chi connectivity index (χ2n) is 9.94. The van der Waals surface area contributed by atoms with Crippen LogP contribution in [-0.4, -0.2) is 59.9 Å². The van der Waals surface area contributed by atoms with Crippen LogP contribution in [0, 0.1) is 6.92 Å². The average molecular weight is 526 g/mol. The van der Waals surface area contributed by atoms with Gasteiger partial charge in [0.2, 0.25) is 0 Å². The second-order valence-corrected chi connectivity index (χ2v) is 9.94. The molecule has 1 atom stereocenters. The first kappa shape index (κ1) is 26.0. The summed E-state index contributed by atoms with van der Waals surface area (Å²) >= 11 is 0. The molecule has 0 radical (unpaired) electrons. The molecule has 0 aliphatic carbocycles. The molecule has 0 unspecified atom stereocenters. The third-order valence-corrected chi connectivity index (χ3v) is 7.40. The summed E-state index contributed by atoms with van der Waals surface area (Å²) < 4.78 is 0. The van der Waals surface area contributed by atoms with Crippen molar-refractivity contribution in [1.82, 2.24) is 29.7 Å². The van der Waals surface area contributed by atoms with E-state index in [-0.39, 0.29) is 18.4 Å². The Kier molecular flexibility index (Phi) is 7.36. The Labute approximate surface area is 226 Å². The molecule has 0 bridgehead atoms. The van der Waals surface area contributed by atoms with Crippen LogP contribution < -0.4 is 5.73 Å². The quantitative estimate of drug-likeness (QED) is 0.373. The van der Waals surface area contributed by atoms with E-state index in [1.807, 2.05) is 50.4 Å². The van der Waals surface area contributed by atoms with Crippen molar-refractivity contribution in [3.05, 3.63) is 89.3 Å². The SMILES string of the molecule is Cc1cc2cc(C(=O)N(Cc3ccc(C4CCN(C(=O)O)CC4)cn3)[C@H](C)c3ncccn3)ccc2nc1N. The van der Waals surface area contributed by atoms with Gasteiger partial charge in [0.15, 0.2) is 0 Å². The number of rotatable bonds is 6. The number of carboxylic acid groups (broad SMARTS) is 1. The number of hydrogen-bond donors (Lipinski definition) is 2. The summed E-state index contributed by atoms with van der Waals surface area (Å²) in [5.74, 6) is 1.11. The van der Waals surface area contributed by atoms with E-state index in [1.165, 1.54) is 4.90 Å². The van der Waals surface area contributed by atoms with Crippen molar-refractivity contribution in [2.24, 2.45) is 0 Å². The van der Waals surface area contributed by atoms with Gasteiger partial charge in [-0.2, -0.15) is 0 Å². The van der Waals surface area contributed by atoms with Crippen molar-refractivity contribution in [2.45, 2.75) is 45.2 Å². The summed E-state index contributed by atoms with van der Waals surface area (Å²) in [5.41, 5.74) is 9.90. The maximum absolute atomic E-state index is 13.9. The van der Waals surface area contributed by atoms with Gasteiger partial charge in [-0.1, -0.05) is 6.07 Å². The molecule has 1 aliphatic rings. The molecule has 3 aromatic heterocycles. The largest absolute Gasteiger partial charge is 0.465 e. The van der Waals surface area contributed by atoms with Gasteiger partial charge in [0, 0.05) is 42.6 Å². The lowest BCUT2D eigenvalue weighted by atomic mass is 9.90. The third kappa shape index (κ3) is 5.64. The number of aryl methyl sites for hydroxylation is 1. The average Bonchev–Trinajstić information content (AvgIpc) is 2.96. The van der Waals surface area contributed by atoms with Gasteiger partial charge in [-0.15, -0.1) is 0 Å². The van der Waals surface area contributed by atoms with E-state index in [0.29, 0.717) is 30.3 Å². The molecule has 0 spiro atoms. The summed E-state index contributed by atoms with van der Waals surface area (Å²) in [4.78, 5) is 46.2. The first-order valence-corrected chi connectivity index (χ1v) is 13.0. The predicted molar refractivity (Wildman–Crippen MR) is 147 cm³/mol. The lowest BCUT2D eigenvalue weighted by Crippen LogP contribution is -2.36. The fourth-order valence-electron chi connectivity index (χ4n) is 5.00. The van der Waals surface area contributed by atoms with E-state index in [4.69, 9.17) is 5.73 Å². The molecule has 200 valence electrons. The molecule has 39 heavy (non-hydrogen) atoms. The number of benzene rings is 1. The molecule has 2 amide bonds. The number of amides is 2. The van der Waals surface area contributed by atoms with Crippen LogP contribution in [0.2, 0.25) is 0 Å². The molecule has 4 aromatic rings. The highest BCUT2D eigenvalue weighted by molar-refractivity contribution is 5.98. The number of piperidine rings is 1. The fourth-order valence-corrected chi connectivity index (χ4v) is 5.00. The molecule has 0 saturated carbocycles. The van der Waals surface area contributed by atoms with Crippen molar-refractivity contribution in [1.29, 1.82) is 0 Å². The van der Waals surface area contributed by atoms with Crippen LogP contribution in [-0.2, 0) is 6.54 Å². The van der Waals surface area contributed by atoms with E-state index >= 15 is 0 Å². The number of likely N-dealkylation sites (tertiary alicyclic amines) is 1. The topological polar surface area (TPSA) is 138 Å². The number of nitrogens with two attached hydrogens (primary N) is 1. The molecule has 1 aliphatic heterocycles. The molecule has 10 nitrogen and oxygen atoms in total. The van der Waals surface area contributed by atoms with Crippen LogP contribution in [0.5, 0.6) is 0 Å². The summed E-state index contributed by atoms with van der Waals surface area (Å²) in [6.07, 6.45) is 5.84. The molecule has 3 N–H and O–H groups in total. The highest BCUT2D eigenvalue weighted by Gasteiger charge is 2.27. The predicted octanol–water partition coefficient (Wildman–Crippen LogP) is 4.57. The number of nitrogens with zero attached hydrogens (tertiary/aromatic N) is 6. The van der Waals surface area contributed by atoms with Crippen LogP contribution in [0.1, 0.15) is 64.7 Å². The number of anilines is 1. The Balaban J connectivity index is 1.40. The minimum Gasteiger partial charge on any atom is -0.465 e. The standard InChI is InChI=1S/C29H31N7O3/c1-18-14-23-15-21(5-7-25(23)34-26(18)30)28(37)36(19(2)27-31-10-3-11-32-27)17-24-6-4-22(16-33-24)20-8-12-35(13-9-20)29(38)39/h3-7,10-11,14-16,19-20H,8-9,12-13,17H2,1-2H3,(H2,30,34)(H,38,39)/t19-/m1/s1. The first-order chi connectivity index (χ1) is 18.8. The Morgan fingerprint density at radius 2 is 1.85 bits per heavy atom. The Morgan fingerprint density at radius 3 is 2.51 bits per heavy atom. The number of carbonyl (C=O) groups excluding carboxylic acids is 1. The third-order valence-electron chi connectivity index (χ3n) is 7.40. The Bertz CT molecular complexity index is 1490. The molecule has 5 rings (SSSR count). The highest BCUT2D eigenvalue weighted by Crippen LogP contribution is 2.29. The van der Waals surface area contributed by atoms with Gasteiger partial charge in [0.05, 0.1) is 23.8 Å². The number of fused-ring (bicyclic) bond motifs is 1. The Hall–Kier alpha value is -4.60. The molecular formula is C29H31N7O3. The highest BCUT2D eigenvalue weighted by atomic mass is 16.4. The Morgan fingerprint density at radius 1 is 1.10 bits per heavy atom. The van der Waals surface area contributed by atoms with E-state index in [2.05, 4.69) is 19.9 Å². The second kappa shape index (κ2) is 11.0. The summed E-state index contributed by atoms with van der Waals surface area (Å²) in [7, 11) is 0. The van der Waals surface area contributed by atoms with Crippen LogP contribution in [0.25, 0.3) is 10.9 Å². The van der Waals surface area contributed by atoms with Gasteiger partial charge in [0.1, 0.15) is 11.6 Å². The molecule has 4 heterocycles. The van der Waals surface area contributed by atoms with Crippen LogP contribution in [0.15, 0.2) is 61.1 Å². The summed E-state index contributed by atoms with van der Waals surface area (Å²) in [5, 5.41) is 10.0. The van der Waals surface area contributed by atoms with Crippen molar-refractivity contribution in [2.75, 3.05) is 18.8 Å². The lowest BCUT2D eigenvalue weighted by Gasteiger charge is -2.30. The van der Waals surface area contributed by atoms with Gasteiger partial charge in [0.25, 0.3) is 5.91 Å². The zero-order chi connectivity index (χ0) is 27.5. The van der Waals surface area contributed by atoms with Crippen molar-refractivity contribution < 1.29 is 14.7 Å². The van der Waals surface area contributed by atoms with E-state index < -0.39 is 12.1 Å². The fraction of sp³-hybridized carbons (Fsp3) is 0.310. The zero-order valence-corrected chi connectivity index (χ0v) is 22.0. The molecule has 1 saturated heterocycles. The van der Waals surface area contributed by atoms with E-state index in [9.17, 15) is 14.7 Å². The first-order valence-electron chi connectivity index (χ1n) is 13.0. The lowest BCUT2D eigenvalue weighted by molar-refractivity contribution is 0.0663. The molecule has 1 fully saturated rings. The van der Waals surface area contributed by atoms with Gasteiger partial charge in [-0.05, 0) is 80.1 Å². The van der Waals surface area contributed by atoms with Crippen molar-refractivity contribution >= 4 is 28.7 Å². The number of hydrogen-bond acceptors (Lipinski definition) is 7.